The van der Waals surface area contributed by atoms with Crippen molar-refractivity contribution in [2.24, 2.45) is 0 Å². The zero-order chi connectivity index (χ0) is 9.68. The summed E-state index contributed by atoms with van der Waals surface area (Å²) in [7, 11) is 0. The van der Waals surface area contributed by atoms with Crippen LogP contribution in [0.1, 0.15) is 0 Å². The Labute approximate surface area is 85.8 Å². The normalized spacial score (nSPS) is 12.8. The lowest BCUT2D eigenvalue weighted by Crippen LogP contribution is -2.14. The molecule has 2 N–H and O–H groups in total. The lowest BCUT2D eigenvalue weighted by atomic mass is 10.4. The molecule has 3 nitrogen and oxygen atoms in total. The zero-order valence-electron chi connectivity index (χ0n) is 6.85. The molecule has 1 atom stereocenters. The summed E-state index contributed by atoms with van der Waals surface area (Å²) in [4.78, 5) is 4.02. The van der Waals surface area contributed by atoms with E-state index in [1.165, 1.54) is 11.8 Å². The Hall–Kier alpha value is -0.290. The van der Waals surface area contributed by atoms with Gasteiger partial charge in [0.1, 0.15) is 0 Å². The second-order valence-corrected chi connectivity index (χ2v) is 3.94. The third-order valence-electron chi connectivity index (χ3n) is 1.33. The molecule has 1 aromatic heterocycles. The summed E-state index contributed by atoms with van der Waals surface area (Å²) in [6, 6.07) is 3.51. The molecular formula is C8H10ClNO2S. The molecule has 0 saturated carbocycles. The minimum atomic E-state index is -0.692. The van der Waals surface area contributed by atoms with E-state index in [0.717, 1.165) is 5.03 Å². The monoisotopic (exact) mass is 219 g/mol. The summed E-state index contributed by atoms with van der Waals surface area (Å²) >= 11 is 7.02. The van der Waals surface area contributed by atoms with E-state index in [1.807, 2.05) is 0 Å². The summed E-state index contributed by atoms with van der Waals surface area (Å²) in [5.74, 6) is 0.436. The molecule has 0 aliphatic heterocycles. The second kappa shape index (κ2) is 5.44. The van der Waals surface area contributed by atoms with Crippen LogP contribution in [0.2, 0.25) is 5.02 Å². The predicted octanol–water partition coefficient (Wildman–Crippen LogP) is 1.18. The van der Waals surface area contributed by atoms with Gasteiger partial charge in [-0.2, -0.15) is 0 Å². The molecule has 0 fully saturated rings. The Morgan fingerprint density at radius 3 is 2.85 bits per heavy atom. The standard InChI is InChI=1S/C8H10ClNO2S/c9-6-1-2-8(10-3-6)13-5-7(12)4-11/h1-3,7,11-12H,4-5H2. The largest absolute Gasteiger partial charge is 0.394 e. The van der Waals surface area contributed by atoms with Crippen molar-refractivity contribution in [1.29, 1.82) is 0 Å². The van der Waals surface area contributed by atoms with Gasteiger partial charge in [-0.25, -0.2) is 4.98 Å². The fraction of sp³-hybridized carbons (Fsp3) is 0.375. The molecule has 1 heterocycles. The molecule has 1 unspecified atom stereocenters. The summed E-state index contributed by atoms with van der Waals surface area (Å²) in [6.07, 6.45) is 0.859. The molecule has 13 heavy (non-hydrogen) atoms. The molecule has 72 valence electrons. The first-order chi connectivity index (χ1) is 6.22. The number of nitrogens with zero attached hydrogens (tertiary/aromatic N) is 1. The topological polar surface area (TPSA) is 53.4 Å². The molecule has 5 heteroatoms. The summed E-state index contributed by atoms with van der Waals surface area (Å²) in [5.41, 5.74) is 0. The molecule has 0 spiro atoms. The van der Waals surface area contributed by atoms with E-state index in [4.69, 9.17) is 21.8 Å². The van der Waals surface area contributed by atoms with Crippen molar-refractivity contribution in [1.82, 2.24) is 4.98 Å². The highest BCUT2D eigenvalue weighted by Crippen LogP contribution is 2.17. The third-order valence-corrected chi connectivity index (χ3v) is 2.65. The van der Waals surface area contributed by atoms with Gasteiger partial charge in [-0.15, -0.1) is 11.8 Å². The molecule has 0 saturated heterocycles. The van der Waals surface area contributed by atoms with Gasteiger partial charge in [-0.3, -0.25) is 0 Å². The van der Waals surface area contributed by atoms with Crippen molar-refractivity contribution in [2.75, 3.05) is 12.4 Å². The molecule has 0 bridgehead atoms. The van der Waals surface area contributed by atoms with Gasteiger partial charge in [0.05, 0.1) is 22.8 Å². The highest BCUT2D eigenvalue weighted by Gasteiger charge is 2.03. The van der Waals surface area contributed by atoms with Crippen molar-refractivity contribution in [3.8, 4) is 0 Å². The lowest BCUT2D eigenvalue weighted by molar-refractivity contribution is 0.113. The number of hydrogen-bond acceptors (Lipinski definition) is 4. The maximum absolute atomic E-state index is 9.05. The number of rotatable bonds is 4. The van der Waals surface area contributed by atoms with E-state index in [-0.39, 0.29) is 6.61 Å². The Balaban J connectivity index is 2.41. The van der Waals surface area contributed by atoms with Crippen molar-refractivity contribution < 1.29 is 10.2 Å². The van der Waals surface area contributed by atoms with Gasteiger partial charge in [0, 0.05) is 11.9 Å². The fourth-order valence-electron chi connectivity index (χ4n) is 0.682. The van der Waals surface area contributed by atoms with E-state index in [2.05, 4.69) is 4.98 Å². The first-order valence-electron chi connectivity index (χ1n) is 3.75. The minimum Gasteiger partial charge on any atom is -0.394 e. The fourth-order valence-corrected chi connectivity index (χ4v) is 1.55. The highest BCUT2D eigenvalue weighted by atomic mass is 35.5. The lowest BCUT2D eigenvalue weighted by Gasteiger charge is -2.05. The van der Waals surface area contributed by atoms with Gasteiger partial charge in [0.25, 0.3) is 0 Å². The molecule has 0 aromatic carbocycles. The number of aliphatic hydroxyl groups excluding tert-OH is 2. The minimum absolute atomic E-state index is 0.222. The molecule has 0 amide bonds. The van der Waals surface area contributed by atoms with Gasteiger partial charge in [-0.1, -0.05) is 11.6 Å². The van der Waals surface area contributed by atoms with E-state index < -0.39 is 6.10 Å². The van der Waals surface area contributed by atoms with Crippen LogP contribution in [-0.4, -0.2) is 33.7 Å². The average Bonchev–Trinajstić information content (AvgIpc) is 2.16. The van der Waals surface area contributed by atoms with Gasteiger partial charge >= 0.3 is 0 Å². The molecule has 0 aliphatic rings. The van der Waals surface area contributed by atoms with Crippen molar-refractivity contribution >= 4 is 23.4 Å². The molecule has 1 rings (SSSR count). The van der Waals surface area contributed by atoms with Crippen LogP contribution < -0.4 is 0 Å². The predicted molar refractivity (Wildman–Crippen MR) is 53.1 cm³/mol. The van der Waals surface area contributed by atoms with E-state index in [9.17, 15) is 0 Å². The highest BCUT2D eigenvalue weighted by molar-refractivity contribution is 7.99. The molecule has 0 aliphatic carbocycles. The van der Waals surface area contributed by atoms with Gasteiger partial charge in [0.15, 0.2) is 0 Å². The summed E-state index contributed by atoms with van der Waals surface area (Å²) in [6.45, 7) is -0.222. The number of pyridine rings is 1. The SMILES string of the molecule is OCC(O)CSc1ccc(Cl)cn1. The van der Waals surface area contributed by atoms with Crippen molar-refractivity contribution in [3.05, 3.63) is 23.4 Å². The van der Waals surface area contributed by atoms with Crippen LogP contribution in [0.15, 0.2) is 23.4 Å². The van der Waals surface area contributed by atoms with Crippen LogP contribution in [0.25, 0.3) is 0 Å². The molecule has 1 aromatic rings. The van der Waals surface area contributed by atoms with E-state index >= 15 is 0 Å². The molecule has 0 radical (unpaired) electrons. The first kappa shape index (κ1) is 10.8. The molecular weight excluding hydrogens is 210 g/mol. The Kier molecular flexibility index (Phi) is 4.52. The van der Waals surface area contributed by atoms with Gasteiger partial charge in [-0.05, 0) is 12.1 Å². The second-order valence-electron chi connectivity index (χ2n) is 2.46. The average molecular weight is 220 g/mol. The van der Waals surface area contributed by atoms with E-state index in [1.54, 1.807) is 18.3 Å². The van der Waals surface area contributed by atoms with Crippen molar-refractivity contribution in [2.45, 2.75) is 11.1 Å². The summed E-state index contributed by atoms with van der Waals surface area (Å²) < 4.78 is 0. The van der Waals surface area contributed by atoms with Gasteiger partial charge in [0.2, 0.25) is 0 Å². The zero-order valence-corrected chi connectivity index (χ0v) is 8.42. The third kappa shape index (κ3) is 3.95. The van der Waals surface area contributed by atoms with Crippen LogP contribution in [0.4, 0.5) is 0 Å². The first-order valence-corrected chi connectivity index (χ1v) is 5.12. The van der Waals surface area contributed by atoms with Crippen LogP contribution in [-0.2, 0) is 0 Å². The number of halogens is 1. The van der Waals surface area contributed by atoms with Gasteiger partial charge < -0.3 is 10.2 Å². The van der Waals surface area contributed by atoms with Crippen LogP contribution in [0.3, 0.4) is 0 Å². The number of thioether (sulfide) groups is 1. The maximum Gasteiger partial charge on any atom is 0.0961 e. The Morgan fingerprint density at radius 1 is 1.54 bits per heavy atom. The Bertz CT molecular complexity index is 255. The number of aliphatic hydroxyl groups is 2. The number of aromatic nitrogens is 1. The Morgan fingerprint density at radius 2 is 2.31 bits per heavy atom. The van der Waals surface area contributed by atoms with Crippen LogP contribution in [0.5, 0.6) is 0 Å². The van der Waals surface area contributed by atoms with Crippen molar-refractivity contribution in [3.63, 3.8) is 0 Å². The maximum atomic E-state index is 9.05. The van der Waals surface area contributed by atoms with Crippen LogP contribution in [0, 0.1) is 0 Å². The smallest absolute Gasteiger partial charge is 0.0961 e. The number of hydrogen-bond donors (Lipinski definition) is 2. The van der Waals surface area contributed by atoms with Crippen LogP contribution >= 0.6 is 23.4 Å². The van der Waals surface area contributed by atoms with E-state index in [0.29, 0.717) is 10.8 Å². The summed E-state index contributed by atoms with van der Waals surface area (Å²) in [5, 5.41) is 19.0. The quantitative estimate of drug-likeness (QED) is 0.747.